The van der Waals surface area contributed by atoms with Crippen molar-refractivity contribution >= 4 is 37.8 Å². The van der Waals surface area contributed by atoms with E-state index in [1.165, 1.54) is 0 Å². The number of hydrogen-bond acceptors (Lipinski definition) is 5. The second-order valence-corrected chi connectivity index (χ2v) is 7.22. The first-order valence-corrected chi connectivity index (χ1v) is 9.09. The minimum Gasteiger partial charge on any atom is -0.494 e. The molecule has 0 radical (unpaired) electrons. The third-order valence-corrected chi connectivity index (χ3v) is 5.05. The number of nitrogens with zero attached hydrogens (tertiary/aromatic N) is 3. The molecule has 2 heterocycles. The molecule has 2 aliphatic heterocycles. The molecule has 0 saturated carbocycles. The molecule has 0 fully saturated rings. The Morgan fingerprint density at radius 3 is 2.52 bits per heavy atom. The van der Waals surface area contributed by atoms with E-state index in [1.54, 1.807) is 38.0 Å². The van der Waals surface area contributed by atoms with Gasteiger partial charge in [0.1, 0.15) is 11.4 Å². The van der Waals surface area contributed by atoms with Crippen molar-refractivity contribution in [1.29, 1.82) is 0 Å². The fourth-order valence-corrected chi connectivity index (χ4v) is 4.25. The van der Waals surface area contributed by atoms with Crippen LogP contribution in [0.3, 0.4) is 0 Å². The van der Waals surface area contributed by atoms with Gasteiger partial charge in [-0.05, 0) is 55.6 Å². The first-order valence-electron chi connectivity index (χ1n) is 7.50. The lowest BCUT2D eigenvalue weighted by molar-refractivity contribution is 0.409. The molecule has 1 aromatic rings. The number of rotatable bonds is 4. The zero-order chi connectivity index (χ0) is 18.1. The number of aromatic nitrogens is 3. The van der Waals surface area contributed by atoms with E-state index in [2.05, 4.69) is 47.1 Å². The molecule has 1 N–H and O–H groups in total. The second kappa shape index (κ2) is 7.13. The molecule has 8 heteroatoms. The monoisotopic (exact) mass is 466 g/mol. The van der Waals surface area contributed by atoms with Gasteiger partial charge in [0.05, 0.1) is 21.7 Å². The molecule has 3 rings (SSSR count). The normalized spacial score (nSPS) is 10.9. The van der Waals surface area contributed by atoms with E-state index in [9.17, 15) is 4.79 Å². The van der Waals surface area contributed by atoms with Crippen molar-refractivity contribution < 1.29 is 4.74 Å². The number of hydrogen-bond donors (Lipinski definition) is 1. The zero-order valence-electron chi connectivity index (χ0n) is 13.9. The van der Waals surface area contributed by atoms with Gasteiger partial charge in [-0.3, -0.25) is 4.79 Å². The molecule has 2 aliphatic rings. The fourth-order valence-electron chi connectivity index (χ4n) is 2.64. The van der Waals surface area contributed by atoms with Crippen LogP contribution in [0, 0.1) is 0 Å². The molecule has 25 heavy (non-hydrogen) atoms. The van der Waals surface area contributed by atoms with Crippen LogP contribution in [-0.2, 0) is 13.5 Å². The van der Waals surface area contributed by atoms with Gasteiger partial charge >= 0.3 is 0 Å². The third-order valence-electron chi connectivity index (χ3n) is 3.87. The average Bonchev–Trinajstić information content (AvgIpc) is 2.95. The summed E-state index contributed by atoms with van der Waals surface area (Å²) in [5, 5.41) is 2.92. The lowest BCUT2D eigenvalue weighted by Crippen LogP contribution is -2.18. The van der Waals surface area contributed by atoms with Gasteiger partial charge in [-0.1, -0.05) is 0 Å². The van der Waals surface area contributed by atoms with Crippen LogP contribution in [0.25, 0.3) is 11.4 Å². The summed E-state index contributed by atoms with van der Waals surface area (Å²) in [5.41, 5.74) is 2.75. The highest BCUT2D eigenvalue weighted by Crippen LogP contribution is 2.35. The van der Waals surface area contributed by atoms with Crippen molar-refractivity contribution in [3.63, 3.8) is 0 Å². The van der Waals surface area contributed by atoms with E-state index in [0.717, 1.165) is 14.5 Å². The number of anilines is 1. The Kier molecular flexibility index (Phi) is 5.10. The van der Waals surface area contributed by atoms with Crippen LogP contribution < -0.4 is 15.6 Å². The molecule has 0 spiro atoms. The van der Waals surface area contributed by atoms with Gasteiger partial charge in [0.25, 0.3) is 5.56 Å². The van der Waals surface area contributed by atoms with Gasteiger partial charge in [-0.25, -0.2) is 9.97 Å². The van der Waals surface area contributed by atoms with Crippen molar-refractivity contribution in [2.75, 3.05) is 19.5 Å². The number of imidazole rings is 1. The molecule has 0 aliphatic carbocycles. The molecule has 0 unspecified atom stereocenters. The highest BCUT2D eigenvalue weighted by atomic mass is 79.9. The van der Waals surface area contributed by atoms with E-state index in [1.807, 2.05) is 12.1 Å². The number of aryl methyl sites for hydroxylation is 1. The van der Waals surface area contributed by atoms with Crippen LogP contribution in [0.5, 0.6) is 5.75 Å². The first-order chi connectivity index (χ1) is 11.9. The van der Waals surface area contributed by atoms with Crippen molar-refractivity contribution in [2.45, 2.75) is 6.42 Å². The molecule has 1 aromatic carbocycles. The maximum atomic E-state index is 12.8. The van der Waals surface area contributed by atoms with Crippen LogP contribution in [0.15, 0.2) is 38.1 Å². The largest absolute Gasteiger partial charge is 0.494 e. The highest BCUT2D eigenvalue weighted by molar-refractivity contribution is 9.11. The van der Waals surface area contributed by atoms with Gasteiger partial charge in [0.15, 0.2) is 0 Å². The Bertz CT molecular complexity index is 948. The Hall–Kier alpha value is -1.93. The van der Waals surface area contributed by atoms with Gasteiger partial charge in [0.2, 0.25) is 5.95 Å². The number of fused-ring (bicyclic) bond motifs is 1. The van der Waals surface area contributed by atoms with Gasteiger partial charge < -0.3 is 14.6 Å². The summed E-state index contributed by atoms with van der Waals surface area (Å²) in [7, 11) is 5.09. The van der Waals surface area contributed by atoms with E-state index in [4.69, 9.17) is 4.74 Å². The summed E-state index contributed by atoms with van der Waals surface area (Å²) in [6, 6.07) is 5.68. The van der Waals surface area contributed by atoms with Crippen molar-refractivity contribution in [1.82, 2.24) is 14.5 Å². The minimum absolute atomic E-state index is 0.0967. The maximum absolute atomic E-state index is 12.8. The summed E-state index contributed by atoms with van der Waals surface area (Å²) >= 11 is 7.00. The van der Waals surface area contributed by atoms with Gasteiger partial charge in [0, 0.05) is 32.3 Å². The number of halogens is 2. The van der Waals surface area contributed by atoms with Crippen molar-refractivity contribution in [3.05, 3.63) is 54.8 Å². The molecule has 0 bridgehead atoms. The van der Waals surface area contributed by atoms with Crippen LogP contribution >= 0.6 is 31.9 Å². The lowest BCUT2D eigenvalue weighted by atomic mass is 10.0. The first kappa shape index (κ1) is 17.9. The second-order valence-electron chi connectivity index (χ2n) is 5.51. The summed E-state index contributed by atoms with van der Waals surface area (Å²) in [4.78, 5) is 21.7. The topological polar surface area (TPSA) is 69.0 Å². The highest BCUT2D eigenvalue weighted by Gasteiger charge is 2.19. The molecule has 0 aromatic heterocycles. The molecular formula is C17H16Br2N4O2. The predicted molar refractivity (Wildman–Crippen MR) is 105 cm³/mol. The molecule has 0 amide bonds. The molecule has 6 nitrogen and oxygen atoms in total. The van der Waals surface area contributed by atoms with Crippen molar-refractivity contribution in [3.8, 4) is 17.1 Å². The Morgan fingerprint density at radius 2 is 1.92 bits per heavy atom. The molecule has 0 atom stereocenters. The van der Waals surface area contributed by atoms with Crippen LogP contribution in [0.4, 0.5) is 5.95 Å². The smallest absolute Gasteiger partial charge is 0.256 e. The van der Waals surface area contributed by atoms with Crippen LogP contribution in [-0.4, -0.2) is 28.7 Å². The average molecular weight is 468 g/mol. The maximum Gasteiger partial charge on any atom is 0.256 e. The summed E-state index contributed by atoms with van der Waals surface area (Å²) in [6.07, 6.45) is 2.14. The summed E-state index contributed by atoms with van der Waals surface area (Å²) < 4.78 is 8.52. The Balaban J connectivity index is 2.16. The lowest BCUT2D eigenvalue weighted by Gasteiger charge is -2.09. The molecular weight excluding hydrogens is 452 g/mol. The quantitative estimate of drug-likeness (QED) is 0.636. The van der Waals surface area contributed by atoms with Crippen molar-refractivity contribution in [2.24, 2.45) is 7.05 Å². The van der Waals surface area contributed by atoms with E-state index in [0.29, 0.717) is 35.1 Å². The third kappa shape index (κ3) is 3.41. The number of ether oxygens (including phenoxy) is 1. The summed E-state index contributed by atoms with van der Waals surface area (Å²) in [6.45, 7) is 0. The van der Waals surface area contributed by atoms with E-state index >= 15 is 0 Å². The molecule has 0 saturated heterocycles. The van der Waals surface area contributed by atoms with Gasteiger partial charge in [-0.15, -0.1) is 0 Å². The minimum atomic E-state index is -0.0967. The Labute approximate surface area is 161 Å². The zero-order valence-corrected chi connectivity index (χ0v) is 17.1. The molecule has 130 valence electrons. The standard InChI is InChI=1S/C17H16Br2N4O2/c1-20-17-21-13-4-5-23(2)16(24)10(14(13)22-17)6-9-7-11(18)15(25-3)12(19)8-9/h4-5,7-8H,6H2,1-3H3,(H,20,22). The van der Waals surface area contributed by atoms with Crippen LogP contribution in [0.2, 0.25) is 0 Å². The number of methoxy groups -OCH3 is 1. The number of nitrogens with one attached hydrogen (secondary N) is 1. The predicted octanol–water partition coefficient (Wildman–Crippen LogP) is 3.45. The van der Waals surface area contributed by atoms with E-state index in [-0.39, 0.29) is 5.56 Å². The van der Waals surface area contributed by atoms with Gasteiger partial charge in [-0.2, -0.15) is 0 Å². The number of benzene rings is 1. The Morgan fingerprint density at radius 1 is 1.24 bits per heavy atom. The van der Waals surface area contributed by atoms with E-state index < -0.39 is 0 Å². The SMILES string of the molecule is CNc1nc2ccn(C)c(=O)c(Cc3cc(Br)c(OC)c(Br)c3)c-2n1. The van der Waals surface area contributed by atoms with Crippen LogP contribution in [0.1, 0.15) is 11.1 Å². The fraction of sp³-hybridized carbons (Fsp3) is 0.235. The summed E-state index contributed by atoms with van der Waals surface area (Å²) in [5.74, 6) is 1.22.